The van der Waals surface area contributed by atoms with E-state index in [9.17, 15) is 0 Å². The summed E-state index contributed by atoms with van der Waals surface area (Å²) >= 11 is 0. The quantitative estimate of drug-likeness (QED) is 0.826. The largest absolute Gasteiger partial charge is 0.353 e. The topological polar surface area (TPSA) is 37.2 Å². The molecular weight excluding hydrogens is 238 g/mol. The van der Waals surface area contributed by atoms with Gasteiger partial charge in [0.2, 0.25) is 0 Å². The Labute approximate surface area is 113 Å². The summed E-state index contributed by atoms with van der Waals surface area (Å²) in [6, 6.07) is 10.7. The van der Waals surface area contributed by atoms with Gasteiger partial charge < -0.3 is 4.90 Å². The van der Waals surface area contributed by atoms with Crippen LogP contribution in [-0.2, 0) is 13.6 Å². The van der Waals surface area contributed by atoms with Crippen LogP contribution >= 0.6 is 0 Å². The molecule has 1 aromatic heterocycles. The van der Waals surface area contributed by atoms with E-state index in [1.165, 1.54) is 5.56 Å². The van der Waals surface area contributed by atoms with Gasteiger partial charge in [-0.1, -0.05) is 35.5 Å². The molecule has 0 amide bonds. The van der Waals surface area contributed by atoms with Gasteiger partial charge in [0.25, 0.3) is 0 Å². The first-order chi connectivity index (χ1) is 9.33. The van der Waals surface area contributed by atoms with Crippen LogP contribution in [0.15, 0.2) is 36.5 Å². The third-order valence-electron chi connectivity index (χ3n) is 3.64. The minimum Gasteiger partial charge on any atom is -0.353 e. The Kier molecular flexibility index (Phi) is 3.46. The zero-order valence-electron chi connectivity index (χ0n) is 11.2. The van der Waals surface area contributed by atoms with Gasteiger partial charge in [-0.05, 0) is 5.56 Å². The van der Waals surface area contributed by atoms with E-state index in [0.29, 0.717) is 0 Å². The van der Waals surface area contributed by atoms with Gasteiger partial charge in [0.1, 0.15) is 5.82 Å². The number of rotatable bonds is 3. The maximum Gasteiger partial charge on any atom is 0.147 e. The molecule has 100 valence electrons. The Balaban J connectivity index is 1.57. The maximum atomic E-state index is 3.99. The summed E-state index contributed by atoms with van der Waals surface area (Å²) in [5.74, 6) is 1.11. The number of aryl methyl sites for hydroxylation is 1. The zero-order chi connectivity index (χ0) is 13.1. The van der Waals surface area contributed by atoms with Gasteiger partial charge in [-0.15, -0.1) is 5.10 Å². The van der Waals surface area contributed by atoms with Gasteiger partial charge in [-0.25, -0.2) is 4.68 Å². The molecule has 1 fully saturated rings. The first kappa shape index (κ1) is 12.2. The Morgan fingerprint density at radius 2 is 1.79 bits per heavy atom. The van der Waals surface area contributed by atoms with Crippen LogP contribution in [0.4, 0.5) is 5.82 Å². The fraction of sp³-hybridized carbons (Fsp3) is 0.429. The smallest absolute Gasteiger partial charge is 0.147 e. The summed E-state index contributed by atoms with van der Waals surface area (Å²) in [6.45, 7) is 5.28. The molecule has 0 spiro atoms. The van der Waals surface area contributed by atoms with Crippen LogP contribution in [0.25, 0.3) is 0 Å². The average Bonchev–Trinajstić information content (AvgIpc) is 2.87. The molecule has 5 heteroatoms. The highest BCUT2D eigenvalue weighted by molar-refractivity contribution is 5.36. The zero-order valence-corrected chi connectivity index (χ0v) is 11.2. The van der Waals surface area contributed by atoms with Crippen molar-refractivity contribution in [3.8, 4) is 0 Å². The highest BCUT2D eigenvalue weighted by Crippen LogP contribution is 2.14. The van der Waals surface area contributed by atoms with E-state index in [1.807, 2.05) is 17.9 Å². The maximum absolute atomic E-state index is 3.99. The first-order valence-electron chi connectivity index (χ1n) is 6.69. The Hall–Kier alpha value is -1.88. The number of aromatic nitrogens is 3. The highest BCUT2D eigenvalue weighted by Gasteiger charge is 2.19. The van der Waals surface area contributed by atoms with E-state index in [-0.39, 0.29) is 0 Å². The molecule has 3 rings (SSSR count). The highest BCUT2D eigenvalue weighted by atomic mass is 15.5. The third kappa shape index (κ3) is 2.76. The van der Waals surface area contributed by atoms with Crippen molar-refractivity contribution in [2.75, 3.05) is 31.1 Å². The van der Waals surface area contributed by atoms with E-state index in [4.69, 9.17) is 0 Å². The van der Waals surface area contributed by atoms with E-state index < -0.39 is 0 Å². The molecule has 1 aromatic carbocycles. The Bertz CT molecular complexity index is 514. The lowest BCUT2D eigenvalue weighted by Gasteiger charge is -2.35. The van der Waals surface area contributed by atoms with Crippen LogP contribution in [0.2, 0.25) is 0 Å². The Morgan fingerprint density at radius 3 is 2.42 bits per heavy atom. The molecule has 0 N–H and O–H groups in total. The summed E-state index contributed by atoms with van der Waals surface area (Å²) in [5.41, 5.74) is 1.39. The molecule has 0 radical (unpaired) electrons. The fourth-order valence-electron chi connectivity index (χ4n) is 2.55. The van der Waals surface area contributed by atoms with Crippen molar-refractivity contribution in [2.24, 2.45) is 7.05 Å². The van der Waals surface area contributed by atoms with Gasteiger partial charge >= 0.3 is 0 Å². The monoisotopic (exact) mass is 257 g/mol. The predicted molar refractivity (Wildman–Crippen MR) is 74.9 cm³/mol. The standard InChI is InChI=1S/C14H19N5/c1-17-14(11-15-16-17)19-9-7-18(8-10-19)12-13-5-3-2-4-6-13/h2-6,11H,7-10,12H2,1H3. The molecule has 0 saturated carbocycles. The fourth-order valence-corrected chi connectivity index (χ4v) is 2.55. The van der Waals surface area contributed by atoms with Crippen molar-refractivity contribution < 1.29 is 0 Å². The number of anilines is 1. The van der Waals surface area contributed by atoms with Gasteiger partial charge in [-0.2, -0.15) is 0 Å². The molecule has 0 atom stereocenters. The van der Waals surface area contributed by atoms with E-state index >= 15 is 0 Å². The lowest BCUT2D eigenvalue weighted by molar-refractivity contribution is 0.248. The predicted octanol–water partition coefficient (Wildman–Crippen LogP) is 1.14. The molecule has 2 heterocycles. The number of hydrogen-bond donors (Lipinski definition) is 0. The van der Waals surface area contributed by atoms with Crippen molar-refractivity contribution in [1.29, 1.82) is 0 Å². The summed E-state index contributed by atoms with van der Waals surface area (Å²) < 4.78 is 1.84. The van der Waals surface area contributed by atoms with Gasteiger partial charge in [0.05, 0.1) is 6.20 Å². The van der Waals surface area contributed by atoms with Crippen LogP contribution in [-0.4, -0.2) is 46.1 Å². The minimum atomic E-state index is 1.04. The van der Waals surface area contributed by atoms with Gasteiger partial charge in [0, 0.05) is 39.8 Å². The molecule has 0 bridgehead atoms. The van der Waals surface area contributed by atoms with Gasteiger partial charge in [0.15, 0.2) is 0 Å². The molecule has 2 aromatic rings. The Morgan fingerprint density at radius 1 is 1.05 bits per heavy atom. The summed E-state index contributed by atoms with van der Waals surface area (Å²) in [4.78, 5) is 4.84. The van der Waals surface area contributed by atoms with E-state index in [2.05, 4.69) is 50.4 Å². The molecule has 5 nitrogen and oxygen atoms in total. The van der Waals surface area contributed by atoms with Crippen LogP contribution in [0.3, 0.4) is 0 Å². The van der Waals surface area contributed by atoms with Crippen LogP contribution < -0.4 is 4.90 Å². The average molecular weight is 257 g/mol. The van der Waals surface area contributed by atoms with Crippen molar-refractivity contribution in [3.05, 3.63) is 42.1 Å². The normalized spacial score (nSPS) is 16.8. The third-order valence-corrected chi connectivity index (χ3v) is 3.64. The summed E-state index contributed by atoms with van der Waals surface area (Å²) in [6.07, 6.45) is 1.84. The number of benzene rings is 1. The molecule has 0 aliphatic carbocycles. The molecule has 1 saturated heterocycles. The van der Waals surface area contributed by atoms with Crippen molar-refractivity contribution >= 4 is 5.82 Å². The first-order valence-corrected chi connectivity index (χ1v) is 6.69. The molecule has 19 heavy (non-hydrogen) atoms. The summed E-state index contributed by atoms with van der Waals surface area (Å²) in [7, 11) is 1.94. The second-order valence-corrected chi connectivity index (χ2v) is 4.96. The minimum absolute atomic E-state index is 1.04. The molecule has 0 unspecified atom stereocenters. The number of hydrogen-bond acceptors (Lipinski definition) is 4. The summed E-state index contributed by atoms with van der Waals surface area (Å²) in [5, 5.41) is 7.93. The van der Waals surface area contributed by atoms with Gasteiger partial charge in [-0.3, -0.25) is 4.90 Å². The SMILES string of the molecule is Cn1nncc1N1CCN(Cc2ccccc2)CC1. The van der Waals surface area contributed by atoms with E-state index in [1.54, 1.807) is 0 Å². The molecule has 1 aliphatic heterocycles. The lowest BCUT2D eigenvalue weighted by Crippen LogP contribution is -2.46. The van der Waals surface area contributed by atoms with Crippen molar-refractivity contribution in [3.63, 3.8) is 0 Å². The molecular formula is C14H19N5. The lowest BCUT2D eigenvalue weighted by atomic mass is 10.2. The second-order valence-electron chi connectivity index (χ2n) is 4.96. The van der Waals surface area contributed by atoms with Crippen LogP contribution in [0, 0.1) is 0 Å². The van der Waals surface area contributed by atoms with Crippen LogP contribution in [0.5, 0.6) is 0 Å². The number of piperazine rings is 1. The van der Waals surface area contributed by atoms with E-state index in [0.717, 1.165) is 38.5 Å². The second kappa shape index (κ2) is 5.40. The number of nitrogens with zero attached hydrogens (tertiary/aromatic N) is 5. The molecule has 1 aliphatic rings. The van der Waals surface area contributed by atoms with Crippen LogP contribution in [0.1, 0.15) is 5.56 Å². The van der Waals surface area contributed by atoms with Crippen molar-refractivity contribution in [2.45, 2.75) is 6.54 Å². The van der Waals surface area contributed by atoms with Crippen molar-refractivity contribution in [1.82, 2.24) is 19.9 Å².